The second kappa shape index (κ2) is 5.85. The highest BCUT2D eigenvalue weighted by molar-refractivity contribution is 7.99. The van der Waals surface area contributed by atoms with E-state index in [2.05, 4.69) is 36.4 Å². The van der Waals surface area contributed by atoms with Crippen LogP contribution >= 0.6 is 11.8 Å². The van der Waals surface area contributed by atoms with Gasteiger partial charge in [-0.3, -0.25) is 0 Å². The van der Waals surface area contributed by atoms with Crippen molar-refractivity contribution >= 4 is 22.5 Å². The summed E-state index contributed by atoms with van der Waals surface area (Å²) < 4.78 is 10.8. The van der Waals surface area contributed by atoms with E-state index in [0.29, 0.717) is 12.0 Å². The summed E-state index contributed by atoms with van der Waals surface area (Å²) >= 11 is 2.04. The molecule has 0 radical (unpaired) electrons. The fraction of sp³-hybridized carbons (Fsp3) is 0.375. The molecule has 0 aliphatic carbocycles. The van der Waals surface area contributed by atoms with Crippen molar-refractivity contribution in [1.29, 1.82) is 0 Å². The van der Waals surface area contributed by atoms with Gasteiger partial charge in [0.1, 0.15) is 5.75 Å². The van der Waals surface area contributed by atoms with Crippen LogP contribution in [-0.2, 0) is 4.74 Å². The lowest BCUT2D eigenvalue weighted by molar-refractivity contribution is 0.0505. The topological polar surface area (TPSA) is 18.5 Å². The third-order valence-corrected chi connectivity index (χ3v) is 4.91. The first-order chi connectivity index (χ1) is 9.40. The van der Waals surface area contributed by atoms with Crippen LogP contribution in [0.3, 0.4) is 0 Å². The van der Waals surface area contributed by atoms with Crippen LogP contribution in [0.1, 0.15) is 23.7 Å². The van der Waals surface area contributed by atoms with Crippen LogP contribution in [0.5, 0.6) is 5.75 Å². The molecule has 0 aromatic heterocycles. The van der Waals surface area contributed by atoms with Gasteiger partial charge in [-0.2, -0.15) is 11.8 Å². The average molecular weight is 274 g/mol. The van der Waals surface area contributed by atoms with Crippen molar-refractivity contribution in [2.45, 2.75) is 18.1 Å². The van der Waals surface area contributed by atoms with E-state index in [1.54, 1.807) is 7.11 Å². The van der Waals surface area contributed by atoms with Gasteiger partial charge in [-0.15, -0.1) is 0 Å². The van der Waals surface area contributed by atoms with Gasteiger partial charge in [-0.1, -0.05) is 30.3 Å². The maximum absolute atomic E-state index is 5.77. The number of hydrogen-bond donors (Lipinski definition) is 0. The number of hydrogen-bond acceptors (Lipinski definition) is 3. The van der Waals surface area contributed by atoms with Gasteiger partial charge >= 0.3 is 0 Å². The summed E-state index contributed by atoms with van der Waals surface area (Å²) in [4.78, 5) is 0. The number of fused-ring (bicyclic) bond motifs is 1. The van der Waals surface area contributed by atoms with Crippen LogP contribution in [0.15, 0.2) is 36.4 Å². The first kappa shape index (κ1) is 12.8. The fourth-order valence-electron chi connectivity index (χ4n) is 2.66. The van der Waals surface area contributed by atoms with Crippen LogP contribution in [0.2, 0.25) is 0 Å². The minimum Gasteiger partial charge on any atom is -0.467 e. The molecule has 2 nitrogen and oxygen atoms in total. The van der Waals surface area contributed by atoms with E-state index in [4.69, 9.17) is 9.47 Å². The summed E-state index contributed by atoms with van der Waals surface area (Å²) in [6, 6.07) is 12.8. The van der Waals surface area contributed by atoms with E-state index in [1.807, 2.05) is 11.8 Å². The van der Waals surface area contributed by atoms with Gasteiger partial charge in [0.05, 0.1) is 0 Å². The summed E-state index contributed by atoms with van der Waals surface area (Å²) in [6.45, 7) is 0.308. The van der Waals surface area contributed by atoms with Crippen LogP contribution in [0.25, 0.3) is 10.8 Å². The summed E-state index contributed by atoms with van der Waals surface area (Å²) in [7, 11) is 1.66. The summed E-state index contributed by atoms with van der Waals surface area (Å²) in [5.41, 5.74) is 1.35. The third kappa shape index (κ3) is 2.58. The highest BCUT2D eigenvalue weighted by Gasteiger charge is 2.23. The number of ether oxygens (including phenoxy) is 2. The molecule has 0 saturated carbocycles. The summed E-state index contributed by atoms with van der Waals surface area (Å²) in [6.07, 6.45) is 2.53. The molecule has 1 fully saturated rings. The van der Waals surface area contributed by atoms with E-state index in [9.17, 15) is 0 Å². The molecule has 100 valence electrons. The smallest absolute Gasteiger partial charge is 0.188 e. The van der Waals surface area contributed by atoms with Crippen molar-refractivity contribution in [2.24, 2.45) is 0 Å². The predicted octanol–water partition coefficient (Wildman–Crippen LogP) is 4.39. The Kier molecular flexibility index (Phi) is 3.95. The number of benzene rings is 2. The number of methoxy groups -OCH3 is 1. The molecular formula is C16H18O2S. The lowest BCUT2D eigenvalue weighted by Crippen LogP contribution is -2.03. The van der Waals surface area contributed by atoms with E-state index < -0.39 is 0 Å². The first-order valence-electron chi connectivity index (χ1n) is 6.65. The zero-order chi connectivity index (χ0) is 13.1. The molecule has 1 saturated heterocycles. The Morgan fingerprint density at radius 2 is 2.11 bits per heavy atom. The Morgan fingerprint density at radius 1 is 1.21 bits per heavy atom. The lowest BCUT2D eigenvalue weighted by atomic mass is 9.99. The molecular weight excluding hydrogens is 256 g/mol. The summed E-state index contributed by atoms with van der Waals surface area (Å²) in [5.74, 6) is 2.22. The summed E-state index contributed by atoms with van der Waals surface area (Å²) in [5, 5.41) is 3.16. The predicted molar refractivity (Wildman–Crippen MR) is 80.9 cm³/mol. The van der Waals surface area contributed by atoms with Crippen molar-refractivity contribution < 1.29 is 9.47 Å². The van der Waals surface area contributed by atoms with E-state index >= 15 is 0 Å². The molecule has 1 aliphatic heterocycles. The molecule has 0 spiro atoms. The molecule has 1 unspecified atom stereocenters. The lowest BCUT2D eigenvalue weighted by Gasteiger charge is -2.18. The van der Waals surface area contributed by atoms with E-state index in [0.717, 1.165) is 5.75 Å². The molecule has 3 rings (SSSR count). The van der Waals surface area contributed by atoms with E-state index in [-0.39, 0.29) is 0 Å². The fourth-order valence-corrected chi connectivity index (χ4v) is 4.02. The molecule has 1 atom stereocenters. The molecule has 0 amide bonds. The first-order valence-corrected chi connectivity index (χ1v) is 7.70. The quantitative estimate of drug-likeness (QED) is 0.770. The van der Waals surface area contributed by atoms with Gasteiger partial charge in [-0.25, -0.2) is 0 Å². The van der Waals surface area contributed by atoms with Gasteiger partial charge in [0.15, 0.2) is 6.79 Å². The minimum atomic E-state index is 0.308. The molecule has 2 aromatic carbocycles. The van der Waals surface area contributed by atoms with Gasteiger partial charge in [0.2, 0.25) is 0 Å². The van der Waals surface area contributed by atoms with Gasteiger partial charge < -0.3 is 9.47 Å². The Bertz CT molecular complexity index is 562. The molecule has 19 heavy (non-hydrogen) atoms. The zero-order valence-electron chi connectivity index (χ0n) is 11.1. The van der Waals surface area contributed by atoms with Gasteiger partial charge in [0, 0.05) is 17.9 Å². The SMILES string of the molecule is COCOc1ccc2ccccc2c1C1CCCS1. The second-order valence-corrected chi connectivity index (χ2v) is 6.06. The molecule has 0 bridgehead atoms. The van der Waals surface area contributed by atoms with Crippen molar-refractivity contribution in [2.75, 3.05) is 19.7 Å². The van der Waals surface area contributed by atoms with Crippen molar-refractivity contribution in [3.8, 4) is 5.75 Å². The van der Waals surface area contributed by atoms with Crippen molar-refractivity contribution in [1.82, 2.24) is 0 Å². The molecule has 2 aromatic rings. The van der Waals surface area contributed by atoms with Crippen LogP contribution < -0.4 is 4.74 Å². The molecule has 1 aliphatic rings. The van der Waals surface area contributed by atoms with Crippen LogP contribution in [0.4, 0.5) is 0 Å². The van der Waals surface area contributed by atoms with Crippen molar-refractivity contribution in [3.05, 3.63) is 42.0 Å². The monoisotopic (exact) mass is 274 g/mol. The number of thioether (sulfide) groups is 1. The normalized spacial score (nSPS) is 18.9. The largest absolute Gasteiger partial charge is 0.467 e. The van der Waals surface area contributed by atoms with E-state index in [1.165, 1.54) is 34.9 Å². The van der Waals surface area contributed by atoms with Gasteiger partial charge in [-0.05, 0) is 35.4 Å². The standard InChI is InChI=1S/C16H18O2S/c1-17-11-18-14-9-8-12-5-2-3-6-13(12)16(14)15-7-4-10-19-15/h2-3,5-6,8-9,15H,4,7,10-11H2,1H3. The Morgan fingerprint density at radius 3 is 2.89 bits per heavy atom. The highest BCUT2D eigenvalue weighted by Crippen LogP contribution is 2.46. The third-order valence-electron chi connectivity index (χ3n) is 3.51. The zero-order valence-corrected chi connectivity index (χ0v) is 11.9. The maximum atomic E-state index is 5.77. The average Bonchev–Trinajstić information content (AvgIpc) is 2.98. The van der Waals surface area contributed by atoms with Crippen molar-refractivity contribution in [3.63, 3.8) is 0 Å². The Labute approximate surface area is 118 Å². The van der Waals surface area contributed by atoms with Gasteiger partial charge in [0.25, 0.3) is 0 Å². The second-order valence-electron chi connectivity index (χ2n) is 4.75. The maximum Gasteiger partial charge on any atom is 0.188 e. The molecule has 3 heteroatoms. The minimum absolute atomic E-state index is 0.308. The number of rotatable bonds is 4. The Balaban J connectivity index is 2.10. The van der Waals surface area contributed by atoms with Crippen LogP contribution in [0, 0.1) is 0 Å². The highest BCUT2D eigenvalue weighted by atomic mass is 32.2. The van der Waals surface area contributed by atoms with Crippen LogP contribution in [-0.4, -0.2) is 19.7 Å². The molecule has 0 N–H and O–H groups in total. The molecule has 1 heterocycles. The Hall–Kier alpha value is -1.19.